The van der Waals surface area contributed by atoms with E-state index in [-0.39, 0.29) is 24.2 Å². The quantitative estimate of drug-likeness (QED) is 0.359. The molecule has 224 valence electrons. The number of halogens is 1. The van der Waals surface area contributed by atoms with Crippen molar-refractivity contribution in [1.29, 1.82) is 0 Å². The van der Waals surface area contributed by atoms with Crippen LogP contribution in [0.3, 0.4) is 0 Å². The van der Waals surface area contributed by atoms with Gasteiger partial charge in [-0.1, -0.05) is 36.7 Å². The molecule has 1 aromatic carbocycles. The molecule has 3 aliphatic rings. The maximum atomic E-state index is 14.2. The van der Waals surface area contributed by atoms with Crippen LogP contribution in [0.15, 0.2) is 65.7 Å². The van der Waals surface area contributed by atoms with Crippen molar-refractivity contribution in [3.8, 4) is 5.75 Å². The summed E-state index contributed by atoms with van der Waals surface area (Å²) in [4.78, 5) is 51.4. The number of amides is 2. The Morgan fingerprint density at radius 2 is 1.93 bits per heavy atom. The Kier molecular flexibility index (Phi) is 7.00. The maximum Gasteiger partial charge on any atom is 0.410 e. The third-order valence-corrected chi connectivity index (χ3v) is 8.44. The van der Waals surface area contributed by atoms with Crippen LogP contribution in [0.2, 0.25) is 0 Å². The summed E-state index contributed by atoms with van der Waals surface area (Å²) in [5.41, 5.74) is 0.331. The smallest absolute Gasteiger partial charge is 0.410 e. The molecule has 2 aliphatic heterocycles. The van der Waals surface area contributed by atoms with Gasteiger partial charge in [-0.2, -0.15) is 0 Å². The van der Waals surface area contributed by atoms with Crippen LogP contribution in [0.5, 0.6) is 5.75 Å². The Morgan fingerprint density at radius 3 is 2.63 bits per heavy atom. The summed E-state index contributed by atoms with van der Waals surface area (Å²) in [6.45, 7) is 7.83. The van der Waals surface area contributed by atoms with Gasteiger partial charge in [0.1, 0.15) is 28.3 Å². The lowest BCUT2D eigenvalue weighted by Crippen LogP contribution is -2.58. The summed E-state index contributed by atoms with van der Waals surface area (Å²) in [6.07, 6.45) is 6.74. The summed E-state index contributed by atoms with van der Waals surface area (Å²) < 4.78 is 11.5. The minimum absolute atomic E-state index is 0.130. The van der Waals surface area contributed by atoms with Crippen molar-refractivity contribution >= 4 is 51.8 Å². The second-order valence-corrected chi connectivity index (χ2v) is 12.8. The molecular formula is C32H34ClN5O5. The number of fused-ring (bicyclic) bond motifs is 3. The molecule has 0 saturated carbocycles. The summed E-state index contributed by atoms with van der Waals surface area (Å²) in [7, 11) is 1.68. The summed E-state index contributed by atoms with van der Waals surface area (Å²) in [5, 5.41) is 4.40. The molecule has 10 nitrogen and oxygen atoms in total. The summed E-state index contributed by atoms with van der Waals surface area (Å²) >= 11 is 6.75. The van der Waals surface area contributed by atoms with Crippen molar-refractivity contribution in [3.63, 3.8) is 0 Å². The average Bonchev–Trinajstić information content (AvgIpc) is 3.57. The monoisotopic (exact) mass is 603 g/mol. The van der Waals surface area contributed by atoms with E-state index in [2.05, 4.69) is 15.3 Å². The number of pyridine rings is 1. The number of hydrogen-bond acceptors (Lipinski definition) is 7. The fourth-order valence-electron chi connectivity index (χ4n) is 6.05. The number of aromatic nitrogens is 2. The molecule has 1 fully saturated rings. The topological polar surface area (TPSA) is 117 Å². The van der Waals surface area contributed by atoms with E-state index in [0.29, 0.717) is 57.5 Å². The fourth-order valence-corrected chi connectivity index (χ4v) is 6.46. The number of ketones is 1. The van der Waals surface area contributed by atoms with E-state index in [4.69, 9.17) is 21.1 Å². The molecule has 43 heavy (non-hydrogen) atoms. The minimum atomic E-state index is -1.08. The summed E-state index contributed by atoms with van der Waals surface area (Å²) in [6, 6.07) is 9.38. The van der Waals surface area contributed by atoms with E-state index in [0.717, 1.165) is 0 Å². The lowest BCUT2D eigenvalue weighted by Gasteiger charge is -2.40. The summed E-state index contributed by atoms with van der Waals surface area (Å²) in [5.74, 6) is 0.00969. The van der Waals surface area contributed by atoms with Gasteiger partial charge < -0.3 is 29.6 Å². The first-order valence-electron chi connectivity index (χ1n) is 14.3. The molecule has 1 spiro atoms. The average molecular weight is 604 g/mol. The first-order valence-corrected chi connectivity index (χ1v) is 14.6. The second kappa shape index (κ2) is 10.4. The lowest BCUT2D eigenvalue weighted by atomic mass is 9.83. The first-order chi connectivity index (χ1) is 20.4. The predicted octanol–water partition coefficient (Wildman–Crippen LogP) is 5.87. The van der Waals surface area contributed by atoms with Crippen LogP contribution in [0, 0.1) is 11.8 Å². The first kappa shape index (κ1) is 28.8. The molecule has 2 amide bonds. The van der Waals surface area contributed by atoms with Crippen LogP contribution in [0.1, 0.15) is 44.5 Å². The zero-order valence-corrected chi connectivity index (χ0v) is 25.5. The van der Waals surface area contributed by atoms with Gasteiger partial charge in [0.05, 0.1) is 35.4 Å². The SMILES string of the molecule is CC1C=C(Oc2ccccc2)C=C(Cl)C1C(=O)c1c[nH]c2ncc3c(c12)NC1(CCN(C(=O)OC(C)(C)C)C1)C(=O)N3C. The number of likely N-dealkylation sites (N-methyl/N-ethyl adjacent to an activating group) is 1. The third kappa shape index (κ3) is 5.14. The van der Waals surface area contributed by atoms with E-state index < -0.39 is 23.2 Å². The highest BCUT2D eigenvalue weighted by molar-refractivity contribution is 6.33. The van der Waals surface area contributed by atoms with Crippen molar-refractivity contribution in [2.75, 3.05) is 30.4 Å². The number of ether oxygens (including phenoxy) is 2. The third-order valence-electron chi connectivity index (χ3n) is 8.10. The molecular weight excluding hydrogens is 570 g/mol. The number of nitrogens with one attached hydrogen (secondary N) is 2. The van der Waals surface area contributed by atoms with Crippen molar-refractivity contribution in [3.05, 3.63) is 71.2 Å². The van der Waals surface area contributed by atoms with Crippen molar-refractivity contribution in [1.82, 2.24) is 14.9 Å². The second-order valence-electron chi connectivity index (χ2n) is 12.4. The molecule has 0 radical (unpaired) electrons. The van der Waals surface area contributed by atoms with Crippen molar-refractivity contribution in [2.24, 2.45) is 11.8 Å². The molecule has 3 unspecified atom stereocenters. The van der Waals surface area contributed by atoms with Gasteiger partial charge in [-0.15, -0.1) is 0 Å². The van der Waals surface area contributed by atoms with Crippen molar-refractivity contribution < 1.29 is 23.9 Å². The van der Waals surface area contributed by atoms with Gasteiger partial charge in [-0.3, -0.25) is 9.59 Å². The molecule has 3 aromatic rings. The van der Waals surface area contributed by atoms with E-state index in [1.54, 1.807) is 56.1 Å². The molecule has 4 heterocycles. The van der Waals surface area contributed by atoms with E-state index in [1.165, 1.54) is 0 Å². The number of anilines is 2. The van der Waals surface area contributed by atoms with Gasteiger partial charge in [-0.05, 0) is 57.4 Å². The van der Waals surface area contributed by atoms with Crippen LogP contribution >= 0.6 is 11.6 Å². The molecule has 1 saturated heterocycles. The number of Topliss-reactive ketones (excluding diaryl/α,β-unsaturated/α-hetero) is 1. The Bertz CT molecular complexity index is 1690. The van der Waals surface area contributed by atoms with Gasteiger partial charge in [0.15, 0.2) is 5.78 Å². The van der Waals surface area contributed by atoms with Gasteiger partial charge in [0.2, 0.25) is 0 Å². The molecule has 6 rings (SSSR count). The van der Waals surface area contributed by atoms with Crippen LogP contribution in [-0.4, -0.2) is 63.9 Å². The lowest BCUT2D eigenvalue weighted by molar-refractivity contribution is -0.122. The number of H-pyrrole nitrogens is 1. The molecule has 1 aliphatic carbocycles. The highest BCUT2D eigenvalue weighted by Crippen LogP contribution is 2.45. The van der Waals surface area contributed by atoms with Gasteiger partial charge >= 0.3 is 6.09 Å². The van der Waals surface area contributed by atoms with Gasteiger partial charge in [-0.25, -0.2) is 9.78 Å². The van der Waals surface area contributed by atoms with Gasteiger partial charge in [0.25, 0.3) is 5.91 Å². The van der Waals surface area contributed by atoms with E-state index >= 15 is 0 Å². The molecule has 0 bridgehead atoms. The standard InChI is InChI=1S/C32H34ClN5O5/c1-18-13-20(42-19-9-7-6-8-10-19)14-22(33)24(18)27(39)21-15-34-28-25(21)26-23(16-35-28)37(5)29(40)32(36-26)11-12-38(17-32)30(41)43-31(2,3)4/h6-10,13-16,18,24,36H,11-12,17H2,1-5H3,(H,34,35). The normalized spacial score (nSPS) is 23.5. The number of carbonyl (C=O) groups excluding carboxylic acids is 3. The molecule has 11 heteroatoms. The van der Waals surface area contributed by atoms with Gasteiger partial charge in [0, 0.05) is 30.4 Å². The number of hydrogen-bond donors (Lipinski definition) is 2. The number of aromatic amines is 1. The number of likely N-dealkylation sites (tertiary alicyclic amines) is 1. The predicted molar refractivity (Wildman–Crippen MR) is 164 cm³/mol. The Hall–Kier alpha value is -4.31. The number of para-hydroxylation sites is 1. The highest BCUT2D eigenvalue weighted by atomic mass is 35.5. The fraction of sp³-hybridized carbons (Fsp3) is 0.375. The minimum Gasteiger partial charge on any atom is -0.458 e. The molecule has 3 atom stereocenters. The number of rotatable bonds is 4. The molecule has 2 N–H and O–H groups in total. The zero-order chi connectivity index (χ0) is 30.7. The Labute approximate surface area is 254 Å². The highest BCUT2D eigenvalue weighted by Gasteiger charge is 2.52. The molecule has 2 aromatic heterocycles. The van der Waals surface area contributed by atoms with Crippen LogP contribution in [0.4, 0.5) is 16.2 Å². The van der Waals surface area contributed by atoms with E-state index in [1.807, 2.05) is 43.3 Å². The van der Waals surface area contributed by atoms with Crippen LogP contribution < -0.4 is 15.0 Å². The van der Waals surface area contributed by atoms with E-state index in [9.17, 15) is 14.4 Å². The number of carbonyl (C=O) groups is 3. The largest absolute Gasteiger partial charge is 0.458 e. The number of benzene rings is 1. The number of nitrogens with zero attached hydrogens (tertiary/aromatic N) is 3. The van der Waals surface area contributed by atoms with Crippen molar-refractivity contribution in [2.45, 2.75) is 45.3 Å². The zero-order valence-electron chi connectivity index (χ0n) is 24.7. The Morgan fingerprint density at radius 1 is 1.19 bits per heavy atom. The maximum absolute atomic E-state index is 14.2. The van der Waals surface area contributed by atoms with Crippen LogP contribution in [-0.2, 0) is 9.53 Å². The number of allylic oxidation sites excluding steroid dienone is 3. The van der Waals surface area contributed by atoms with Crippen LogP contribution in [0.25, 0.3) is 11.0 Å². The Balaban J connectivity index is 1.32.